The van der Waals surface area contributed by atoms with E-state index in [4.69, 9.17) is 0 Å². The Morgan fingerprint density at radius 1 is 0.667 bits per heavy atom. The van der Waals surface area contributed by atoms with E-state index in [2.05, 4.69) is 27.8 Å². The number of fused-ring (bicyclic) bond motifs is 5. The number of halogens is 3. The molecule has 33 heavy (non-hydrogen) atoms. The molecule has 0 amide bonds. The van der Waals surface area contributed by atoms with Gasteiger partial charge in [0, 0.05) is 39.8 Å². The highest BCUT2D eigenvalue weighted by Crippen LogP contribution is 2.39. The molecular weight excluding hydrogens is 421 g/mol. The second-order valence-electron chi connectivity index (χ2n) is 8.04. The van der Waals surface area contributed by atoms with Crippen LogP contribution in [-0.4, -0.2) is 9.55 Å². The third-order valence-electron chi connectivity index (χ3n) is 6.08. The van der Waals surface area contributed by atoms with Crippen molar-refractivity contribution >= 4 is 32.6 Å². The molecule has 0 radical (unpaired) electrons. The summed E-state index contributed by atoms with van der Waals surface area (Å²) in [4.78, 5) is 4.23. The molecule has 0 aliphatic carbocycles. The van der Waals surface area contributed by atoms with Crippen molar-refractivity contribution in [2.24, 2.45) is 0 Å². The largest absolute Gasteiger partial charge is 0.416 e. The summed E-state index contributed by atoms with van der Waals surface area (Å²) >= 11 is 0. The fraction of sp³-hybridized carbons (Fsp3) is 0.0357. The maximum atomic E-state index is 13.3. The molecule has 0 aliphatic rings. The second-order valence-corrected chi connectivity index (χ2v) is 8.04. The predicted molar refractivity (Wildman–Crippen MR) is 127 cm³/mol. The van der Waals surface area contributed by atoms with Gasteiger partial charge in [-0.3, -0.25) is 4.98 Å². The monoisotopic (exact) mass is 438 g/mol. The third kappa shape index (κ3) is 3.16. The lowest BCUT2D eigenvalue weighted by Gasteiger charge is -2.12. The van der Waals surface area contributed by atoms with E-state index in [9.17, 15) is 13.2 Å². The Morgan fingerprint density at radius 3 is 2.21 bits per heavy atom. The number of pyridine rings is 1. The van der Waals surface area contributed by atoms with Crippen molar-refractivity contribution in [3.05, 3.63) is 109 Å². The molecule has 6 rings (SSSR count). The fourth-order valence-corrected chi connectivity index (χ4v) is 4.57. The average molecular weight is 438 g/mol. The Bertz CT molecular complexity index is 1630. The molecule has 0 aliphatic heterocycles. The molecular formula is C28H17F3N2. The Hall–Kier alpha value is -4.12. The highest BCUT2D eigenvalue weighted by atomic mass is 19.4. The lowest BCUT2D eigenvalue weighted by Crippen LogP contribution is -2.04. The highest BCUT2D eigenvalue weighted by Gasteiger charge is 2.30. The number of hydrogen-bond donors (Lipinski definition) is 0. The minimum absolute atomic E-state index is 0.560. The SMILES string of the molecule is FC(F)(F)c1ccc2c(ccc3c4ccc(-c5cccnc5)cc4n(-c4ccccc4)c23)c1. The first-order chi connectivity index (χ1) is 16.0. The van der Waals surface area contributed by atoms with Crippen LogP contribution in [-0.2, 0) is 6.18 Å². The summed E-state index contributed by atoms with van der Waals surface area (Å²) in [5, 5.41) is 3.38. The van der Waals surface area contributed by atoms with Crippen molar-refractivity contribution in [2.75, 3.05) is 0 Å². The number of para-hydroxylation sites is 1. The van der Waals surface area contributed by atoms with Gasteiger partial charge in [-0.25, -0.2) is 0 Å². The highest BCUT2D eigenvalue weighted by molar-refractivity contribution is 6.19. The first-order valence-electron chi connectivity index (χ1n) is 10.5. The minimum Gasteiger partial charge on any atom is -0.309 e. The zero-order valence-electron chi connectivity index (χ0n) is 17.3. The lowest BCUT2D eigenvalue weighted by molar-refractivity contribution is -0.137. The van der Waals surface area contributed by atoms with Crippen molar-refractivity contribution < 1.29 is 13.2 Å². The van der Waals surface area contributed by atoms with Gasteiger partial charge in [0.1, 0.15) is 0 Å². The quantitative estimate of drug-likeness (QED) is 0.268. The van der Waals surface area contributed by atoms with Crippen molar-refractivity contribution in [2.45, 2.75) is 6.18 Å². The summed E-state index contributed by atoms with van der Waals surface area (Å²) in [6.07, 6.45) is -0.816. The van der Waals surface area contributed by atoms with Gasteiger partial charge in [-0.2, -0.15) is 13.2 Å². The normalized spacial score (nSPS) is 12.1. The van der Waals surface area contributed by atoms with E-state index in [0.29, 0.717) is 5.39 Å². The molecule has 4 aromatic carbocycles. The molecule has 0 N–H and O–H groups in total. The van der Waals surface area contributed by atoms with Crippen LogP contribution in [0.1, 0.15) is 5.56 Å². The zero-order valence-corrected chi connectivity index (χ0v) is 17.3. The van der Waals surface area contributed by atoms with Crippen LogP contribution >= 0.6 is 0 Å². The lowest BCUT2D eigenvalue weighted by atomic mass is 10.0. The van der Waals surface area contributed by atoms with E-state index >= 15 is 0 Å². The molecule has 160 valence electrons. The van der Waals surface area contributed by atoms with Gasteiger partial charge in [0.2, 0.25) is 0 Å². The van der Waals surface area contributed by atoms with Crippen LogP contribution in [0.4, 0.5) is 13.2 Å². The van der Waals surface area contributed by atoms with Crippen molar-refractivity contribution in [1.82, 2.24) is 9.55 Å². The third-order valence-corrected chi connectivity index (χ3v) is 6.08. The number of hydrogen-bond acceptors (Lipinski definition) is 1. The van der Waals surface area contributed by atoms with E-state index < -0.39 is 11.7 Å². The van der Waals surface area contributed by atoms with Gasteiger partial charge in [-0.1, -0.05) is 54.6 Å². The second kappa shape index (κ2) is 7.20. The van der Waals surface area contributed by atoms with Crippen LogP contribution in [0.5, 0.6) is 0 Å². The predicted octanol–water partition coefficient (Wildman–Crippen LogP) is 8.02. The summed E-state index contributed by atoms with van der Waals surface area (Å²) in [5.41, 5.74) is 4.22. The van der Waals surface area contributed by atoms with Gasteiger partial charge < -0.3 is 4.57 Å². The fourth-order valence-electron chi connectivity index (χ4n) is 4.57. The summed E-state index contributed by atoms with van der Waals surface area (Å²) in [7, 11) is 0. The summed E-state index contributed by atoms with van der Waals surface area (Å²) in [5.74, 6) is 0. The van der Waals surface area contributed by atoms with Gasteiger partial charge >= 0.3 is 6.18 Å². The first-order valence-corrected chi connectivity index (χ1v) is 10.5. The molecule has 0 spiro atoms. The molecule has 0 saturated carbocycles. The van der Waals surface area contributed by atoms with E-state index in [1.807, 2.05) is 54.7 Å². The van der Waals surface area contributed by atoms with E-state index in [1.54, 1.807) is 18.3 Å². The molecule has 0 bridgehead atoms. The Labute approximate surface area is 187 Å². The van der Waals surface area contributed by atoms with Crippen LogP contribution in [0.15, 0.2) is 103 Å². The maximum absolute atomic E-state index is 13.3. The van der Waals surface area contributed by atoms with Gasteiger partial charge in [-0.05, 0) is 47.3 Å². The minimum atomic E-state index is -4.38. The molecule has 2 heterocycles. The molecule has 6 aromatic rings. The van der Waals surface area contributed by atoms with Crippen LogP contribution in [0.3, 0.4) is 0 Å². The van der Waals surface area contributed by atoms with E-state index in [-0.39, 0.29) is 0 Å². The number of nitrogens with zero attached hydrogens (tertiary/aromatic N) is 2. The zero-order chi connectivity index (χ0) is 22.6. The molecule has 0 unspecified atom stereocenters. The maximum Gasteiger partial charge on any atom is 0.416 e. The molecule has 2 aromatic heterocycles. The molecule has 0 fully saturated rings. The van der Waals surface area contributed by atoms with Crippen LogP contribution in [0, 0.1) is 0 Å². The van der Waals surface area contributed by atoms with Crippen molar-refractivity contribution in [1.29, 1.82) is 0 Å². The number of aromatic nitrogens is 2. The first kappa shape index (κ1) is 19.6. The standard InChI is InChI=1S/C28H17F3N2/c29-28(30,31)21-10-13-23-19(15-21)9-12-25-24-11-8-18(20-5-4-14-32-17-20)16-26(24)33(27(23)25)22-6-2-1-3-7-22/h1-17H. The van der Waals surface area contributed by atoms with Gasteiger partial charge in [0.05, 0.1) is 16.6 Å². The summed E-state index contributed by atoms with van der Waals surface area (Å²) < 4.78 is 42.1. The van der Waals surface area contributed by atoms with Crippen molar-refractivity contribution in [3.63, 3.8) is 0 Å². The number of benzene rings is 4. The topological polar surface area (TPSA) is 17.8 Å². The van der Waals surface area contributed by atoms with Crippen LogP contribution in [0.2, 0.25) is 0 Å². The molecule has 2 nitrogen and oxygen atoms in total. The molecule has 0 saturated heterocycles. The molecule has 5 heteroatoms. The summed E-state index contributed by atoms with van der Waals surface area (Å²) in [6.45, 7) is 0. The smallest absolute Gasteiger partial charge is 0.309 e. The number of rotatable bonds is 2. The Morgan fingerprint density at radius 2 is 1.45 bits per heavy atom. The van der Waals surface area contributed by atoms with Crippen LogP contribution in [0.25, 0.3) is 49.4 Å². The Balaban J connectivity index is 1.74. The summed E-state index contributed by atoms with van der Waals surface area (Å²) in [6, 6.07) is 27.7. The molecule has 0 atom stereocenters. The van der Waals surface area contributed by atoms with E-state index in [0.717, 1.165) is 50.1 Å². The van der Waals surface area contributed by atoms with Gasteiger partial charge in [-0.15, -0.1) is 0 Å². The van der Waals surface area contributed by atoms with Gasteiger partial charge in [0.25, 0.3) is 0 Å². The Kier molecular flexibility index (Phi) is 4.27. The van der Waals surface area contributed by atoms with Gasteiger partial charge in [0.15, 0.2) is 0 Å². The average Bonchev–Trinajstić information content (AvgIpc) is 3.18. The van der Waals surface area contributed by atoms with E-state index in [1.165, 1.54) is 6.07 Å². The van der Waals surface area contributed by atoms with Crippen LogP contribution < -0.4 is 0 Å². The number of alkyl halides is 3. The van der Waals surface area contributed by atoms with Crippen molar-refractivity contribution in [3.8, 4) is 16.8 Å².